The molecule has 0 saturated heterocycles. The molecule has 90 valence electrons. The van der Waals surface area contributed by atoms with Gasteiger partial charge in [0.05, 0.1) is 5.69 Å². The van der Waals surface area contributed by atoms with Crippen LogP contribution in [0.1, 0.15) is 5.69 Å². The van der Waals surface area contributed by atoms with Crippen LogP contribution in [0.15, 0.2) is 34.8 Å². The van der Waals surface area contributed by atoms with E-state index in [9.17, 15) is 18.3 Å². The van der Waals surface area contributed by atoms with Crippen molar-refractivity contribution in [2.75, 3.05) is 0 Å². The Labute approximate surface area is 103 Å². The van der Waals surface area contributed by atoms with E-state index in [0.717, 1.165) is 9.15 Å². The van der Waals surface area contributed by atoms with Crippen LogP contribution in [0, 0.1) is 0 Å². The SMILES string of the molecule is Oc1cc(C(F)(F)F)nn1-c1ccc(Br)cc1. The number of nitrogens with zero attached hydrogens (tertiary/aromatic N) is 2. The van der Waals surface area contributed by atoms with Crippen molar-refractivity contribution in [1.82, 2.24) is 9.78 Å². The van der Waals surface area contributed by atoms with Crippen LogP contribution < -0.4 is 0 Å². The summed E-state index contributed by atoms with van der Waals surface area (Å²) >= 11 is 3.20. The molecule has 2 rings (SSSR count). The summed E-state index contributed by atoms with van der Waals surface area (Å²) in [6.45, 7) is 0. The predicted molar refractivity (Wildman–Crippen MR) is 57.9 cm³/mol. The molecule has 1 N–H and O–H groups in total. The largest absolute Gasteiger partial charge is 0.493 e. The second-order valence-corrected chi connectivity index (χ2v) is 4.19. The number of benzene rings is 1. The van der Waals surface area contributed by atoms with Gasteiger partial charge in [0.1, 0.15) is 0 Å². The van der Waals surface area contributed by atoms with E-state index in [0.29, 0.717) is 11.8 Å². The van der Waals surface area contributed by atoms with E-state index < -0.39 is 17.8 Å². The van der Waals surface area contributed by atoms with Gasteiger partial charge in [-0.05, 0) is 24.3 Å². The van der Waals surface area contributed by atoms with Crippen LogP contribution in [-0.2, 0) is 6.18 Å². The van der Waals surface area contributed by atoms with Gasteiger partial charge in [0.15, 0.2) is 5.69 Å². The smallest absolute Gasteiger partial charge is 0.435 e. The zero-order valence-electron chi connectivity index (χ0n) is 8.24. The summed E-state index contributed by atoms with van der Waals surface area (Å²) in [5, 5.41) is 12.7. The first-order valence-electron chi connectivity index (χ1n) is 4.50. The lowest BCUT2D eigenvalue weighted by Crippen LogP contribution is -2.07. The first-order chi connectivity index (χ1) is 7.88. The summed E-state index contributed by atoms with van der Waals surface area (Å²) in [7, 11) is 0. The maximum Gasteiger partial charge on any atom is 0.435 e. The van der Waals surface area contributed by atoms with E-state index in [1.54, 1.807) is 12.1 Å². The molecule has 17 heavy (non-hydrogen) atoms. The summed E-state index contributed by atoms with van der Waals surface area (Å²) < 4.78 is 38.7. The summed E-state index contributed by atoms with van der Waals surface area (Å²) in [5.41, 5.74) is -0.779. The molecule has 0 spiro atoms. The minimum Gasteiger partial charge on any atom is -0.493 e. The molecular weight excluding hydrogens is 301 g/mol. The van der Waals surface area contributed by atoms with Crippen LogP contribution >= 0.6 is 15.9 Å². The zero-order valence-corrected chi connectivity index (χ0v) is 9.83. The molecule has 0 radical (unpaired) electrons. The lowest BCUT2D eigenvalue weighted by Gasteiger charge is -2.03. The van der Waals surface area contributed by atoms with Gasteiger partial charge in [-0.25, -0.2) is 4.68 Å². The molecule has 0 unspecified atom stereocenters. The number of alkyl halides is 3. The number of aromatic nitrogens is 2. The molecule has 0 aliphatic carbocycles. The third-order valence-corrected chi connectivity index (χ3v) is 2.58. The van der Waals surface area contributed by atoms with Gasteiger partial charge in [0, 0.05) is 10.5 Å². The second kappa shape index (κ2) is 4.06. The van der Waals surface area contributed by atoms with Gasteiger partial charge in [0.2, 0.25) is 5.88 Å². The maximum absolute atomic E-state index is 12.4. The molecule has 0 aliphatic rings. The molecule has 0 amide bonds. The van der Waals surface area contributed by atoms with Crippen LogP contribution in [-0.4, -0.2) is 14.9 Å². The van der Waals surface area contributed by atoms with Crippen LogP contribution in [0.2, 0.25) is 0 Å². The van der Waals surface area contributed by atoms with Crippen molar-refractivity contribution in [3.05, 3.63) is 40.5 Å². The number of aromatic hydroxyl groups is 1. The van der Waals surface area contributed by atoms with Gasteiger partial charge in [0.25, 0.3) is 0 Å². The molecule has 1 aromatic carbocycles. The predicted octanol–water partition coefficient (Wildman–Crippen LogP) is 3.36. The highest BCUT2D eigenvalue weighted by Gasteiger charge is 2.35. The van der Waals surface area contributed by atoms with E-state index in [-0.39, 0.29) is 0 Å². The van der Waals surface area contributed by atoms with Gasteiger partial charge in [-0.1, -0.05) is 15.9 Å². The molecule has 0 saturated carbocycles. The monoisotopic (exact) mass is 306 g/mol. The van der Waals surface area contributed by atoms with Crippen molar-refractivity contribution >= 4 is 15.9 Å². The number of hydrogen-bond donors (Lipinski definition) is 1. The summed E-state index contributed by atoms with van der Waals surface area (Å²) in [4.78, 5) is 0. The fourth-order valence-corrected chi connectivity index (χ4v) is 1.55. The van der Waals surface area contributed by atoms with Crippen LogP contribution in [0.4, 0.5) is 13.2 Å². The molecule has 0 fully saturated rings. The van der Waals surface area contributed by atoms with Crippen molar-refractivity contribution < 1.29 is 18.3 Å². The Kier molecular flexibility index (Phi) is 2.86. The average Bonchev–Trinajstić information content (AvgIpc) is 2.61. The minimum absolute atomic E-state index is 0.348. The Hall–Kier alpha value is -1.50. The summed E-state index contributed by atoms with van der Waals surface area (Å²) in [6, 6.07) is 6.95. The lowest BCUT2D eigenvalue weighted by molar-refractivity contribution is -0.141. The third kappa shape index (κ3) is 2.44. The number of halogens is 4. The van der Waals surface area contributed by atoms with Gasteiger partial charge >= 0.3 is 6.18 Å². The summed E-state index contributed by atoms with van der Waals surface area (Å²) in [6.07, 6.45) is -4.57. The molecule has 2 aromatic rings. The molecule has 0 bridgehead atoms. The molecule has 7 heteroatoms. The number of rotatable bonds is 1. The maximum atomic E-state index is 12.4. The van der Waals surface area contributed by atoms with Gasteiger partial charge < -0.3 is 5.11 Å². The van der Waals surface area contributed by atoms with E-state index in [2.05, 4.69) is 21.0 Å². The second-order valence-electron chi connectivity index (χ2n) is 3.27. The van der Waals surface area contributed by atoms with Crippen LogP contribution in [0.3, 0.4) is 0 Å². The minimum atomic E-state index is -4.57. The van der Waals surface area contributed by atoms with Crippen molar-refractivity contribution in [2.45, 2.75) is 6.18 Å². The highest BCUT2D eigenvalue weighted by molar-refractivity contribution is 9.10. The van der Waals surface area contributed by atoms with Crippen LogP contribution in [0.25, 0.3) is 5.69 Å². The topological polar surface area (TPSA) is 38.1 Å². The first-order valence-corrected chi connectivity index (χ1v) is 5.29. The Bertz CT molecular complexity index is 533. The Balaban J connectivity index is 2.46. The first kappa shape index (κ1) is 12.0. The van der Waals surface area contributed by atoms with Crippen LogP contribution in [0.5, 0.6) is 5.88 Å². The molecule has 0 aliphatic heterocycles. The standard InChI is InChI=1S/C10H6BrF3N2O/c11-6-1-3-7(4-2-6)16-9(17)5-8(15-16)10(12,13)14/h1-5,17H. The highest BCUT2D eigenvalue weighted by Crippen LogP contribution is 2.31. The Morgan fingerprint density at radius 3 is 2.24 bits per heavy atom. The molecule has 1 aromatic heterocycles. The lowest BCUT2D eigenvalue weighted by atomic mass is 10.3. The normalized spacial score (nSPS) is 11.8. The summed E-state index contributed by atoms with van der Waals surface area (Å²) in [5.74, 6) is -0.556. The Morgan fingerprint density at radius 2 is 1.76 bits per heavy atom. The Morgan fingerprint density at radius 1 is 1.18 bits per heavy atom. The molecular formula is C10H6BrF3N2O. The average molecular weight is 307 g/mol. The van der Waals surface area contributed by atoms with E-state index >= 15 is 0 Å². The number of hydrogen-bond acceptors (Lipinski definition) is 2. The van der Waals surface area contributed by atoms with Crippen molar-refractivity contribution in [1.29, 1.82) is 0 Å². The fraction of sp³-hybridized carbons (Fsp3) is 0.100. The molecule has 3 nitrogen and oxygen atoms in total. The van der Waals surface area contributed by atoms with Crippen molar-refractivity contribution in [3.63, 3.8) is 0 Å². The van der Waals surface area contributed by atoms with Gasteiger partial charge in [-0.15, -0.1) is 0 Å². The molecule has 1 heterocycles. The highest BCUT2D eigenvalue weighted by atomic mass is 79.9. The van der Waals surface area contributed by atoms with Gasteiger partial charge in [-0.2, -0.15) is 18.3 Å². The molecule has 0 atom stereocenters. The van der Waals surface area contributed by atoms with Gasteiger partial charge in [-0.3, -0.25) is 0 Å². The fourth-order valence-electron chi connectivity index (χ4n) is 1.28. The van der Waals surface area contributed by atoms with Crippen molar-refractivity contribution in [3.8, 4) is 11.6 Å². The van der Waals surface area contributed by atoms with E-state index in [1.165, 1.54) is 12.1 Å². The zero-order chi connectivity index (χ0) is 12.6. The van der Waals surface area contributed by atoms with E-state index in [1.807, 2.05) is 0 Å². The van der Waals surface area contributed by atoms with Crippen molar-refractivity contribution in [2.24, 2.45) is 0 Å². The quantitative estimate of drug-likeness (QED) is 0.877. The third-order valence-electron chi connectivity index (χ3n) is 2.05. The van der Waals surface area contributed by atoms with E-state index in [4.69, 9.17) is 0 Å².